The fourth-order valence-electron chi connectivity index (χ4n) is 1.50. The molecule has 106 valence electrons. The van der Waals surface area contributed by atoms with E-state index >= 15 is 0 Å². The van der Waals surface area contributed by atoms with Gasteiger partial charge in [-0.1, -0.05) is 62.2 Å². The molecule has 0 aromatic heterocycles. The van der Waals surface area contributed by atoms with Crippen LogP contribution in [0.5, 0.6) is 0 Å². The van der Waals surface area contributed by atoms with Crippen LogP contribution >= 0.6 is 0 Å². The molecule has 0 spiro atoms. The van der Waals surface area contributed by atoms with Crippen molar-refractivity contribution in [1.82, 2.24) is 0 Å². The third-order valence-electron chi connectivity index (χ3n) is 2.75. The molecule has 2 aromatic rings. The molecule has 0 heterocycles. The molecule has 3 nitrogen and oxygen atoms in total. The Morgan fingerprint density at radius 2 is 1.00 bits per heavy atom. The minimum Gasteiger partial charge on any atom is -0.258 e. The van der Waals surface area contributed by atoms with Crippen molar-refractivity contribution < 1.29 is 4.92 Å². The summed E-state index contributed by atoms with van der Waals surface area (Å²) in [6.45, 7) is 10.9. The quantitative estimate of drug-likeness (QED) is 0.569. The Labute approximate surface area is 124 Å². The molecule has 0 fully saturated rings. The molecule has 0 unspecified atom stereocenters. The summed E-state index contributed by atoms with van der Waals surface area (Å²) in [4.78, 5) is 9.76. The van der Waals surface area contributed by atoms with Crippen LogP contribution in [0.25, 0.3) is 18.2 Å². The van der Waals surface area contributed by atoms with Gasteiger partial charge in [0.05, 0.1) is 4.92 Å². The molecule has 0 atom stereocenters. The van der Waals surface area contributed by atoms with E-state index in [1.807, 2.05) is 36.4 Å². The van der Waals surface area contributed by atoms with Gasteiger partial charge in [-0.3, -0.25) is 10.1 Å². The number of hydrogen-bond donors (Lipinski definition) is 0. The largest absolute Gasteiger partial charge is 0.269 e. The highest BCUT2D eigenvalue weighted by Gasteiger charge is 2.01. The maximum absolute atomic E-state index is 10.2. The lowest BCUT2D eigenvalue weighted by Crippen LogP contribution is -1.86. The maximum atomic E-state index is 10.2. The third-order valence-corrected chi connectivity index (χ3v) is 2.75. The Balaban J connectivity index is 0.000000211. The summed E-state index contributed by atoms with van der Waals surface area (Å²) in [7, 11) is 0. The lowest BCUT2D eigenvalue weighted by molar-refractivity contribution is -0.384. The number of rotatable bonds is 4. The molecule has 3 heteroatoms. The standard InChI is InChI=1S/C10H10.C8H7NO2/c1-3-9-5-7-10(4-2)8-6-9;1-2-7-3-5-8(6-4-7)9(10)11/h3-8H,1-2H2;2-6H,1H2. The molecule has 0 saturated carbocycles. The van der Waals surface area contributed by atoms with Crippen molar-refractivity contribution in [3.63, 3.8) is 0 Å². The molecule has 0 aliphatic heterocycles. The normalized spacial score (nSPS) is 8.95. The van der Waals surface area contributed by atoms with Crippen molar-refractivity contribution in [3.8, 4) is 0 Å². The van der Waals surface area contributed by atoms with E-state index in [2.05, 4.69) is 19.7 Å². The first-order valence-electron chi connectivity index (χ1n) is 6.32. The molecule has 0 amide bonds. The van der Waals surface area contributed by atoms with Gasteiger partial charge in [-0.25, -0.2) is 0 Å². The van der Waals surface area contributed by atoms with Gasteiger partial charge in [0.25, 0.3) is 5.69 Å². The molecule has 0 N–H and O–H groups in total. The predicted molar refractivity (Wildman–Crippen MR) is 89.8 cm³/mol. The fourth-order valence-corrected chi connectivity index (χ4v) is 1.50. The molecule has 21 heavy (non-hydrogen) atoms. The lowest BCUT2D eigenvalue weighted by Gasteiger charge is -1.92. The lowest BCUT2D eigenvalue weighted by atomic mass is 10.1. The van der Waals surface area contributed by atoms with E-state index in [0.717, 1.165) is 16.7 Å². The smallest absolute Gasteiger partial charge is 0.258 e. The van der Waals surface area contributed by atoms with Crippen LogP contribution in [0.15, 0.2) is 68.3 Å². The molecule has 2 rings (SSSR count). The molecule has 0 saturated heterocycles. The van der Waals surface area contributed by atoms with E-state index in [1.165, 1.54) is 12.1 Å². The zero-order valence-electron chi connectivity index (χ0n) is 11.7. The van der Waals surface area contributed by atoms with E-state index in [9.17, 15) is 10.1 Å². The topological polar surface area (TPSA) is 43.1 Å². The number of nitro groups is 1. The highest BCUT2D eigenvalue weighted by Crippen LogP contribution is 2.11. The van der Waals surface area contributed by atoms with E-state index in [4.69, 9.17) is 0 Å². The van der Waals surface area contributed by atoms with Gasteiger partial charge in [0.15, 0.2) is 0 Å². The molecular weight excluding hydrogens is 262 g/mol. The van der Waals surface area contributed by atoms with Crippen LogP contribution in [0.1, 0.15) is 16.7 Å². The second-order valence-electron chi connectivity index (χ2n) is 4.13. The van der Waals surface area contributed by atoms with Gasteiger partial charge in [-0.2, -0.15) is 0 Å². The zero-order chi connectivity index (χ0) is 15.7. The van der Waals surface area contributed by atoms with Gasteiger partial charge >= 0.3 is 0 Å². The minimum atomic E-state index is -0.424. The predicted octanol–water partition coefficient (Wildman–Crippen LogP) is 5.21. The van der Waals surface area contributed by atoms with Crippen molar-refractivity contribution in [2.24, 2.45) is 0 Å². The average Bonchev–Trinajstić information content (AvgIpc) is 2.55. The number of non-ortho nitro benzene ring substituents is 1. The summed E-state index contributed by atoms with van der Waals surface area (Å²) in [6, 6.07) is 14.3. The Bertz CT molecular complexity index is 598. The summed E-state index contributed by atoms with van der Waals surface area (Å²) in [5, 5.41) is 10.2. The van der Waals surface area contributed by atoms with Crippen molar-refractivity contribution >= 4 is 23.9 Å². The van der Waals surface area contributed by atoms with Gasteiger partial charge in [0.2, 0.25) is 0 Å². The Morgan fingerprint density at radius 1 is 0.714 bits per heavy atom. The van der Waals surface area contributed by atoms with Crippen LogP contribution < -0.4 is 0 Å². The van der Waals surface area contributed by atoms with Crippen LogP contribution in [0.4, 0.5) is 5.69 Å². The van der Waals surface area contributed by atoms with Gasteiger partial charge in [0, 0.05) is 12.1 Å². The first-order chi connectivity index (χ1) is 10.1. The Kier molecular flexibility index (Phi) is 6.35. The molecule has 0 aliphatic rings. The number of nitrogens with zero attached hydrogens (tertiary/aromatic N) is 1. The zero-order valence-corrected chi connectivity index (χ0v) is 11.7. The van der Waals surface area contributed by atoms with E-state index < -0.39 is 4.92 Å². The monoisotopic (exact) mass is 279 g/mol. The molecule has 0 radical (unpaired) electrons. The summed E-state index contributed by atoms with van der Waals surface area (Å²) in [6.07, 6.45) is 5.30. The van der Waals surface area contributed by atoms with Gasteiger partial charge in [0.1, 0.15) is 0 Å². The number of benzene rings is 2. The van der Waals surface area contributed by atoms with Crippen LogP contribution in [-0.4, -0.2) is 4.92 Å². The van der Waals surface area contributed by atoms with E-state index in [-0.39, 0.29) is 5.69 Å². The average molecular weight is 279 g/mol. The SMILES string of the molecule is C=Cc1ccc(C=C)cc1.C=Cc1ccc([N+](=O)[O-])cc1. The number of hydrogen-bond acceptors (Lipinski definition) is 2. The van der Waals surface area contributed by atoms with E-state index in [0.29, 0.717) is 0 Å². The number of nitro benzene ring substituents is 1. The molecular formula is C18H17NO2. The second kappa shape index (κ2) is 8.27. The third kappa shape index (κ3) is 5.28. The molecule has 0 bridgehead atoms. The van der Waals surface area contributed by atoms with Crippen molar-refractivity contribution in [2.45, 2.75) is 0 Å². The maximum Gasteiger partial charge on any atom is 0.269 e. The fraction of sp³-hybridized carbons (Fsp3) is 0. The van der Waals surface area contributed by atoms with Crippen LogP contribution in [0.2, 0.25) is 0 Å². The highest BCUT2D eigenvalue weighted by molar-refractivity contribution is 5.53. The summed E-state index contributed by atoms with van der Waals surface area (Å²) < 4.78 is 0. The van der Waals surface area contributed by atoms with Gasteiger partial charge in [-0.05, 0) is 28.8 Å². The van der Waals surface area contributed by atoms with Crippen LogP contribution in [0.3, 0.4) is 0 Å². The second-order valence-corrected chi connectivity index (χ2v) is 4.13. The first kappa shape index (κ1) is 16.1. The van der Waals surface area contributed by atoms with E-state index in [1.54, 1.807) is 18.2 Å². The Hall–Kier alpha value is -2.94. The van der Waals surface area contributed by atoms with Crippen molar-refractivity contribution in [1.29, 1.82) is 0 Å². The molecule has 0 aliphatic carbocycles. The summed E-state index contributed by atoms with van der Waals surface area (Å²) in [5.41, 5.74) is 3.28. The van der Waals surface area contributed by atoms with Gasteiger partial charge in [-0.15, -0.1) is 0 Å². The van der Waals surface area contributed by atoms with Crippen LogP contribution in [0, 0.1) is 10.1 Å². The summed E-state index contributed by atoms with van der Waals surface area (Å²) in [5.74, 6) is 0. The Morgan fingerprint density at radius 3 is 1.24 bits per heavy atom. The molecule has 2 aromatic carbocycles. The summed E-state index contributed by atoms with van der Waals surface area (Å²) >= 11 is 0. The van der Waals surface area contributed by atoms with Crippen molar-refractivity contribution in [3.05, 3.63) is 95.1 Å². The highest BCUT2D eigenvalue weighted by atomic mass is 16.6. The van der Waals surface area contributed by atoms with Gasteiger partial charge < -0.3 is 0 Å². The van der Waals surface area contributed by atoms with Crippen molar-refractivity contribution in [2.75, 3.05) is 0 Å². The minimum absolute atomic E-state index is 0.107. The van der Waals surface area contributed by atoms with Crippen LogP contribution in [-0.2, 0) is 0 Å². The first-order valence-corrected chi connectivity index (χ1v) is 6.32.